The molecule has 2 aromatic heterocycles. The maximum Gasteiger partial charge on any atom is 0.255 e. The Bertz CT molecular complexity index is 812. The summed E-state index contributed by atoms with van der Waals surface area (Å²) in [4.78, 5) is 23.6. The molecule has 1 amide bonds. The molecule has 2 aromatic rings. The van der Waals surface area contributed by atoms with Gasteiger partial charge in [0.05, 0.1) is 24.5 Å². The van der Waals surface area contributed by atoms with E-state index in [1.54, 1.807) is 4.68 Å². The van der Waals surface area contributed by atoms with Crippen molar-refractivity contribution in [1.29, 1.82) is 0 Å². The summed E-state index contributed by atoms with van der Waals surface area (Å²) >= 11 is 0. The summed E-state index contributed by atoms with van der Waals surface area (Å²) in [5, 5.41) is 10.4. The van der Waals surface area contributed by atoms with Gasteiger partial charge in [-0.25, -0.2) is 4.98 Å². The molecule has 27 heavy (non-hydrogen) atoms. The molecule has 9 nitrogen and oxygen atoms in total. The molecule has 146 valence electrons. The molecule has 1 fully saturated rings. The largest absolute Gasteiger partial charge is 0.378 e. The number of morpholine rings is 1. The van der Waals surface area contributed by atoms with Crippen molar-refractivity contribution in [2.75, 3.05) is 49.6 Å². The second-order valence-electron chi connectivity index (χ2n) is 6.64. The molecule has 2 N–H and O–H groups in total. The minimum atomic E-state index is -0.112. The van der Waals surface area contributed by atoms with Crippen LogP contribution in [0.2, 0.25) is 0 Å². The van der Waals surface area contributed by atoms with Crippen LogP contribution < -0.4 is 15.5 Å². The summed E-state index contributed by atoms with van der Waals surface area (Å²) < 4.78 is 7.11. The highest BCUT2D eigenvalue weighted by molar-refractivity contribution is 5.96. The zero-order valence-corrected chi connectivity index (χ0v) is 16.4. The summed E-state index contributed by atoms with van der Waals surface area (Å²) in [5.41, 5.74) is 3.13. The average Bonchev–Trinajstić information content (AvgIpc) is 2.91. The van der Waals surface area contributed by atoms with Crippen molar-refractivity contribution in [3.63, 3.8) is 0 Å². The van der Waals surface area contributed by atoms with Gasteiger partial charge in [0.1, 0.15) is 5.82 Å². The van der Waals surface area contributed by atoms with Crippen molar-refractivity contribution >= 4 is 17.7 Å². The number of nitrogens with zero attached hydrogens (tertiary/aromatic N) is 5. The topological polar surface area (TPSA) is 97.2 Å². The van der Waals surface area contributed by atoms with Crippen LogP contribution in [0.4, 0.5) is 11.8 Å². The Balaban J connectivity index is 1.54. The Morgan fingerprint density at radius 1 is 1.19 bits per heavy atom. The van der Waals surface area contributed by atoms with Crippen LogP contribution in [-0.4, -0.2) is 65.0 Å². The minimum Gasteiger partial charge on any atom is -0.378 e. The minimum absolute atomic E-state index is 0.112. The van der Waals surface area contributed by atoms with E-state index < -0.39 is 0 Å². The van der Waals surface area contributed by atoms with E-state index in [1.165, 1.54) is 0 Å². The van der Waals surface area contributed by atoms with E-state index in [9.17, 15) is 4.79 Å². The molecule has 1 aliphatic heterocycles. The third-order valence-corrected chi connectivity index (χ3v) is 4.61. The van der Waals surface area contributed by atoms with Gasteiger partial charge in [0.15, 0.2) is 0 Å². The number of carbonyl (C=O) groups is 1. The Morgan fingerprint density at radius 2 is 1.93 bits per heavy atom. The van der Waals surface area contributed by atoms with Gasteiger partial charge < -0.3 is 20.3 Å². The number of ether oxygens (including phenoxy) is 1. The van der Waals surface area contributed by atoms with Gasteiger partial charge in [-0.1, -0.05) is 0 Å². The van der Waals surface area contributed by atoms with Crippen LogP contribution in [0.25, 0.3) is 0 Å². The Morgan fingerprint density at radius 3 is 2.59 bits per heavy atom. The van der Waals surface area contributed by atoms with Gasteiger partial charge in [0.2, 0.25) is 5.95 Å². The van der Waals surface area contributed by atoms with E-state index in [4.69, 9.17) is 4.74 Å². The first-order valence-corrected chi connectivity index (χ1v) is 9.16. The van der Waals surface area contributed by atoms with Gasteiger partial charge in [-0.3, -0.25) is 9.48 Å². The molecule has 0 aliphatic carbocycles. The predicted octanol–water partition coefficient (Wildman–Crippen LogP) is 0.814. The summed E-state index contributed by atoms with van der Waals surface area (Å²) in [5.74, 6) is 1.36. The first-order chi connectivity index (χ1) is 13.0. The van der Waals surface area contributed by atoms with E-state index in [0.29, 0.717) is 37.8 Å². The Kier molecular flexibility index (Phi) is 5.90. The molecule has 3 rings (SSSR count). The maximum absolute atomic E-state index is 12.4. The van der Waals surface area contributed by atoms with Crippen molar-refractivity contribution in [3.05, 3.63) is 28.7 Å². The second kappa shape index (κ2) is 8.34. The van der Waals surface area contributed by atoms with E-state index in [2.05, 4.69) is 30.6 Å². The van der Waals surface area contributed by atoms with Gasteiger partial charge in [-0.2, -0.15) is 10.1 Å². The number of hydrogen-bond donors (Lipinski definition) is 2. The fraction of sp³-hybridized carbons (Fsp3) is 0.556. The van der Waals surface area contributed by atoms with Crippen molar-refractivity contribution < 1.29 is 9.53 Å². The van der Waals surface area contributed by atoms with Crippen molar-refractivity contribution in [3.8, 4) is 0 Å². The number of rotatable bonds is 6. The van der Waals surface area contributed by atoms with Crippen LogP contribution in [0.3, 0.4) is 0 Å². The van der Waals surface area contributed by atoms with Gasteiger partial charge in [0, 0.05) is 50.7 Å². The van der Waals surface area contributed by atoms with Gasteiger partial charge in [0.25, 0.3) is 5.91 Å². The van der Waals surface area contributed by atoms with E-state index in [0.717, 1.165) is 36.0 Å². The molecule has 0 bridgehead atoms. The monoisotopic (exact) mass is 373 g/mol. The van der Waals surface area contributed by atoms with Gasteiger partial charge in [-0.05, 0) is 20.8 Å². The number of hydrogen-bond acceptors (Lipinski definition) is 7. The molecule has 3 heterocycles. The Hall–Kier alpha value is -2.68. The summed E-state index contributed by atoms with van der Waals surface area (Å²) in [6, 6.07) is 1.98. The molecule has 1 saturated heterocycles. The van der Waals surface area contributed by atoms with Crippen molar-refractivity contribution in [2.45, 2.75) is 20.8 Å². The molecule has 0 unspecified atom stereocenters. The van der Waals surface area contributed by atoms with Crippen LogP contribution in [0.1, 0.15) is 27.4 Å². The number of aromatic nitrogens is 4. The number of anilines is 2. The molecule has 0 aromatic carbocycles. The SMILES string of the molecule is Cc1cc(N2CCOCC2)nc(NCCNC(=O)c2c(C)nn(C)c2C)n1. The fourth-order valence-corrected chi connectivity index (χ4v) is 3.13. The smallest absolute Gasteiger partial charge is 0.255 e. The fourth-order valence-electron chi connectivity index (χ4n) is 3.13. The second-order valence-corrected chi connectivity index (χ2v) is 6.64. The zero-order valence-electron chi connectivity index (χ0n) is 16.4. The quantitative estimate of drug-likeness (QED) is 0.723. The summed E-state index contributed by atoms with van der Waals surface area (Å²) in [6.45, 7) is 9.77. The standard InChI is InChI=1S/C18H27N7O2/c1-12-11-15(25-7-9-27-10-8-25)22-18(21-12)20-6-5-19-17(26)16-13(2)23-24(4)14(16)3/h11H,5-10H2,1-4H3,(H,19,26)(H,20,21,22). The third-order valence-electron chi connectivity index (χ3n) is 4.61. The lowest BCUT2D eigenvalue weighted by Crippen LogP contribution is -2.37. The lowest BCUT2D eigenvalue weighted by atomic mass is 10.2. The number of aryl methyl sites for hydroxylation is 3. The van der Waals surface area contributed by atoms with Crippen LogP contribution in [0.5, 0.6) is 0 Å². The van der Waals surface area contributed by atoms with Crippen molar-refractivity contribution in [1.82, 2.24) is 25.1 Å². The first-order valence-electron chi connectivity index (χ1n) is 9.16. The van der Waals surface area contributed by atoms with E-state index >= 15 is 0 Å². The van der Waals surface area contributed by atoms with E-state index in [-0.39, 0.29) is 5.91 Å². The molecular weight excluding hydrogens is 346 g/mol. The molecule has 9 heteroatoms. The molecule has 0 saturated carbocycles. The molecule has 0 atom stereocenters. The van der Waals surface area contributed by atoms with E-state index in [1.807, 2.05) is 33.9 Å². The van der Waals surface area contributed by atoms with Crippen LogP contribution >= 0.6 is 0 Å². The molecule has 0 radical (unpaired) electrons. The zero-order chi connectivity index (χ0) is 19.4. The molecular formula is C18H27N7O2. The molecule has 0 spiro atoms. The van der Waals surface area contributed by atoms with Gasteiger partial charge >= 0.3 is 0 Å². The lowest BCUT2D eigenvalue weighted by molar-refractivity contribution is 0.0954. The van der Waals surface area contributed by atoms with Crippen LogP contribution in [-0.2, 0) is 11.8 Å². The normalized spacial score (nSPS) is 14.3. The van der Waals surface area contributed by atoms with Gasteiger partial charge in [-0.15, -0.1) is 0 Å². The van der Waals surface area contributed by atoms with Crippen LogP contribution in [0, 0.1) is 20.8 Å². The Labute approximate surface area is 159 Å². The summed E-state index contributed by atoms with van der Waals surface area (Å²) in [6.07, 6.45) is 0. The first kappa shape index (κ1) is 19.1. The third kappa shape index (κ3) is 4.54. The number of nitrogens with one attached hydrogen (secondary N) is 2. The van der Waals surface area contributed by atoms with Crippen molar-refractivity contribution in [2.24, 2.45) is 7.05 Å². The highest BCUT2D eigenvalue weighted by atomic mass is 16.5. The predicted molar refractivity (Wildman–Crippen MR) is 103 cm³/mol. The molecule has 1 aliphatic rings. The number of carbonyl (C=O) groups excluding carboxylic acids is 1. The number of amides is 1. The summed E-state index contributed by atoms with van der Waals surface area (Å²) in [7, 11) is 1.84. The lowest BCUT2D eigenvalue weighted by Gasteiger charge is -2.28. The highest BCUT2D eigenvalue weighted by Gasteiger charge is 2.17. The van der Waals surface area contributed by atoms with Crippen LogP contribution in [0.15, 0.2) is 6.07 Å². The average molecular weight is 373 g/mol. The maximum atomic E-state index is 12.4. The highest BCUT2D eigenvalue weighted by Crippen LogP contribution is 2.16.